The Morgan fingerprint density at radius 2 is 1.49 bits per heavy atom. The number of piperazine rings is 1. The molecular weight excluding hydrogens is 1240 g/mol. The Hall–Kier alpha value is -7.09. The average molecular weight is 1350 g/mol. The van der Waals surface area contributed by atoms with Crippen molar-refractivity contribution in [2.45, 2.75) is 191 Å². The molecular formula is C72H105F2N15O8. The number of hydrogen-bond donors (Lipinski definition) is 8. The van der Waals surface area contributed by atoms with Crippen LogP contribution in [0.25, 0.3) is 0 Å². The van der Waals surface area contributed by atoms with Crippen LogP contribution in [-0.4, -0.2) is 201 Å². The van der Waals surface area contributed by atoms with Crippen molar-refractivity contribution >= 4 is 58.7 Å². The number of likely N-dealkylation sites (tertiary alicyclic amines) is 3. The van der Waals surface area contributed by atoms with Crippen LogP contribution in [0.2, 0.25) is 0 Å². The number of piperidine rings is 2. The fourth-order valence-corrected chi connectivity index (χ4v) is 16.3. The zero-order chi connectivity index (χ0) is 68.2. The highest BCUT2D eigenvalue weighted by Gasteiger charge is 2.47. The number of nitrogens with zero attached hydrogens (tertiary/aromatic N) is 7. The Morgan fingerprint density at radius 1 is 0.763 bits per heavy atom. The molecule has 8 atom stereocenters. The van der Waals surface area contributed by atoms with E-state index >= 15 is 8.78 Å². The van der Waals surface area contributed by atoms with Gasteiger partial charge in [0.1, 0.15) is 48.3 Å². The molecule has 11 rings (SSSR count). The summed E-state index contributed by atoms with van der Waals surface area (Å²) >= 11 is 0. The third-order valence-corrected chi connectivity index (χ3v) is 22.2. The molecule has 8 N–H and O–H groups in total. The number of aromatic nitrogens is 2. The van der Waals surface area contributed by atoms with Gasteiger partial charge in [-0.05, 0) is 164 Å². The van der Waals surface area contributed by atoms with Crippen LogP contribution in [0.1, 0.15) is 159 Å². The predicted molar refractivity (Wildman–Crippen MR) is 366 cm³/mol. The molecule has 7 amide bonds. The first-order chi connectivity index (χ1) is 46.8. The molecule has 3 aliphatic carbocycles. The SMILES string of the molecule is CN[C@@H](C)C(=O)N[C@H](C(=O)N1C[C@@H](NC(=O)CCC(=O)NCCCN2C[C@H]3C[C@@H](OCC(=O)NCCCNc4cc(N5CCC6(CC5)CN(c5cc(F)c(CN7CCC(C)(C)CC7)cc5F)CC(=O)N6)ncn4)C[C@H]3C2)C[C@H]1C(=O)NC1CCCc2ccccc21)C1CCCCC1. The van der Waals surface area contributed by atoms with Gasteiger partial charge in [-0.25, -0.2) is 18.7 Å². The van der Waals surface area contributed by atoms with Crippen molar-refractivity contribution in [2.24, 2.45) is 23.2 Å². The number of fused-ring (bicyclic) bond motifs is 2. The quantitative estimate of drug-likeness (QED) is 0.0454. The van der Waals surface area contributed by atoms with E-state index in [2.05, 4.69) is 87.1 Å². The molecule has 5 aliphatic heterocycles. The molecule has 3 aromatic rings. The van der Waals surface area contributed by atoms with Crippen molar-refractivity contribution < 1.29 is 47.1 Å². The largest absolute Gasteiger partial charge is 0.370 e. The van der Waals surface area contributed by atoms with Gasteiger partial charge in [0.15, 0.2) is 0 Å². The third kappa shape index (κ3) is 18.8. The number of nitrogens with one attached hydrogen (secondary N) is 8. The first-order valence-electron chi connectivity index (χ1n) is 36.2. The minimum atomic E-state index is -0.855. The molecule has 97 heavy (non-hydrogen) atoms. The standard InChI is InChI=1S/C72H105F2N15O8/c1-47(75-4)68(94)83-67(49-14-6-5-7-15-49)70(96)89-42-53(36-60(89)69(95)82-58-18-10-16-48-13-8-9-17-55(48)58)81-64(91)20-19-63(90)77-27-12-28-86-39-50-33-54(34-51(50)40-86)97-44-66(93)78-26-11-25-76-61-38-62(80-46-79-61)87-31-23-72(24-32-87)45-88(43-65(92)84-72)59-37-56(73)52(35-57(59)74)41-85-29-21-71(2,3)22-30-85/h8-9,13,17,35,37-38,46-47,49-51,53-54,58,60,67,75H,5-7,10-12,14-16,18-34,36,39-45H2,1-4H3,(H,77,90)(H,78,93)(H,81,91)(H,82,95)(H,83,94)(H,84,92)(H,76,79,80)/t47-,50-,51+,53-,54-,58?,60-,67-/m0/s1. The number of ether oxygens (including phenoxy) is 1. The van der Waals surface area contributed by atoms with Gasteiger partial charge < -0.3 is 66.9 Å². The summed E-state index contributed by atoms with van der Waals surface area (Å²) in [6.07, 6.45) is 15.4. The molecule has 1 unspecified atom stereocenters. The Bertz CT molecular complexity index is 3230. The van der Waals surface area contributed by atoms with Crippen LogP contribution >= 0.6 is 0 Å². The molecule has 23 nitrogen and oxygen atoms in total. The predicted octanol–water partition coefficient (Wildman–Crippen LogP) is 5.24. The lowest BCUT2D eigenvalue weighted by Gasteiger charge is -2.48. The van der Waals surface area contributed by atoms with Crippen LogP contribution in [0.4, 0.5) is 26.1 Å². The molecule has 1 spiro atoms. The number of hydrogen-bond acceptors (Lipinski definition) is 16. The van der Waals surface area contributed by atoms with E-state index in [0.717, 1.165) is 128 Å². The highest BCUT2D eigenvalue weighted by Crippen LogP contribution is 2.40. The molecule has 5 saturated heterocycles. The van der Waals surface area contributed by atoms with Gasteiger partial charge in [-0.2, -0.15) is 0 Å². The number of anilines is 3. The lowest BCUT2D eigenvalue weighted by atomic mass is 9.82. The van der Waals surface area contributed by atoms with Crippen LogP contribution in [0, 0.1) is 34.8 Å². The lowest BCUT2D eigenvalue weighted by molar-refractivity contribution is -0.143. The van der Waals surface area contributed by atoms with Crippen molar-refractivity contribution in [1.82, 2.24) is 61.9 Å². The van der Waals surface area contributed by atoms with Gasteiger partial charge in [-0.1, -0.05) is 57.4 Å². The van der Waals surface area contributed by atoms with Gasteiger partial charge in [-0.3, -0.25) is 38.5 Å². The van der Waals surface area contributed by atoms with Gasteiger partial charge >= 0.3 is 0 Å². The average Bonchev–Trinajstić information content (AvgIpc) is 1.38. The Morgan fingerprint density at radius 3 is 2.26 bits per heavy atom. The minimum Gasteiger partial charge on any atom is -0.370 e. The second kappa shape index (κ2) is 32.7. The number of rotatable bonds is 27. The third-order valence-electron chi connectivity index (χ3n) is 22.2. The molecule has 530 valence electrons. The molecule has 2 saturated carbocycles. The lowest BCUT2D eigenvalue weighted by Crippen LogP contribution is -2.66. The smallest absolute Gasteiger partial charge is 0.246 e. The zero-order valence-corrected chi connectivity index (χ0v) is 57.5. The van der Waals surface area contributed by atoms with Gasteiger partial charge in [0.05, 0.1) is 36.0 Å². The first kappa shape index (κ1) is 71.2. The highest BCUT2D eigenvalue weighted by atomic mass is 19.1. The van der Waals surface area contributed by atoms with E-state index in [9.17, 15) is 33.6 Å². The van der Waals surface area contributed by atoms with Gasteiger partial charge in [0.25, 0.3) is 0 Å². The fraction of sp³-hybridized carbons (Fsp3) is 0.681. The summed E-state index contributed by atoms with van der Waals surface area (Å²) in [7, 11) is 1.70. The number of aryl methyl sites for hydroxylation is 1. The first-order valence-corrected chi connectivity index (χ1v) is 36.2. The van der Waals surface area contributed by atoms with Crippen LogP contribution in [0.3, 0.4) is 0 Å². The van der Waals surface area contributed by atoms with Crippen molar-refractivity contribution in [1.29, 1.82) is 0 Å². The van der Waals surface area contributed by atoms with E-state index in [-0.39, 0.29) is 109 Å². The number of benzene rings is 2. The summed E-state index contributed by atoms with van der Waals surface area (Å²) in [6, 6.07) is 9.69. The summed E-state index contributed by atoms with van der Waals surface area (Å²) in [5, 5.41) is 24.8. The number of amides is 7. The summed E-state index contributed by atoms with van der Waals surface area (Å²) < 4.78 is 37.4. The van der Waals surface area contributed by atoms with Crippen molar-refractivity contribution in [3.05, 3.63) is 77.1 Å². The molecule has 25 heteroatoms. The van der Waals surface area contributed by atoms with E-state index < -0.39 is 41.3 Å². The maximum atomic E-state index is 15.8. The van der Waals surface area contributed by atoms with Crippen LogP contribution < -0.4 is 52.3 Å². The molecule has 2 aromatic carbocycles. The van der Waals surface area contributed by atoms with Crippen molar-refractivity contribution in [3.63, 3.8) is 0 Å². The van der Waals surface area contributed by atoms with E-state index in [0.29, 0.717) is 88.3 Å². The number of halogens is 2. The Labute approximate surface area is 570 Å². The van der Waals surface area contributed by atoms with E-state index in [1.54, 1.807) is 23.8 Å². The zero-order valence-electron chi connectivity index (χ0n) is 57.5. The summed E-state index contributed by atoms with van der Waals surface area (Å²) in [4.78, 5) is 114. The normalized spacial score (nSPS) is 24.8. The van der Waals surface area contributed by atoms with Gasteiger partial charge in [0, 0.05) is 102 Å². The second-order valence-corrected chi connectivity index (χ2v) is 29.8. The van der Waals surface area contributed by atoms with E-state index in [1.165, 1.54) is 24.0 Å². The van der Waals surface area contributed by atoms with Crippen LogP contribution in [-0.2, 0) is 51.3 Å². The molecule has 8 aliphatic rings. The van der Waals surface area contributed by atoms with Crippen molar-refractivity contribution in [2.75, 3.05) is 114 Å². The highest BCUT2D eigenvalue weighted by molar-refractivity contribution is 5.94. The van der Waals surface area contributed by atoms with Gasteiger partial charge in [0.2, 0.25) is 41.4 Å². The van der Waals surface area contributed by atoms with E-state index in [4.69, 9.17) is 4.74 Å². The fourth-order valence-electron chi connectivity index (χ4n) is 16.3. The summed E-state index contributed by atoms with van der Waals surface area (Å²) in [6.45, 7) is 14.2. The maximum Gasteiger partial charge on any atom is 0.246 e. The number of carbonyl (C=O) groups excluding carboxylic acids is 7. The molecule has 1 aromatic heterocycles. The molecule has 0 bridgehead atoms. The second-order valence-electron chi connectivity index (χ2n) is 29.8. The molecule has 0 radical (unpaired) electrons. The Kier molecular flexibility index (Phi) is 24.0. The molecule has 6 heterocycles. The summed E-state index contributed by atoms with van der Waals surface area (Å²) in [5.74, 6) is -0.444. The molecule has 7 fully saturated rings. The van der Waals surface area contributed by atoms with E-state index in [1.807, 2.05) is 24.3 Å². The summed E-state index contributed by atoms with van der Waals surface area (Å²) in [5.41, 5.74) is 2.40. The van der Waals surface area contributed by atoms with Crippen molar-refractivity contribution in [3.8, 4) is 0 Å². The topological polar surface area (TPSA) is 267 Å². The van der Waals surface area contributed by atoms with Crippen LogP contribution in [0.5, 0.6) is 0 Å². The van der Waals surface area contributed by atoms with Gasteiger partial charge in [-0.15, -0.1) is 0 Å². The monoisotopic (exact) mass is 1350 g/mol. The number of likely N-dealkylation sites (N-methyl/N-ethyl adjacent to an activating group) is 1. The minimum absolute atomic E-state index is 0.00346. The maximum absolute atomic E-state index is 15.8. The Balaban J connectivity index is 0.543. The number of carbonyl (C=O) groups is 7. The van der Waals surface area contributed by atoms with Crippen LogP contribution in [0.15, 0.2) is 48.8 Å².